The van der Waals surface area contributed by atoms with Crippen molar-refractivity contribution in [3.05, 3.63) is 34.4 Å². The van der Waals surface area contributed by atoms with Gasteiger partial charge in [0.2, 0.25) is 0 Å². The Morgan fingerprint density at radius 2 is 1.96 bits per heavy atom. The van der Waals surface area contributed by atoms with E-state index in [-0.39, 0.29) is 11.4 Å². The number of carbonyl (C=O) groups excluding carboxylic acids is 1. The smallest absolute Gasteiger partial charge is 0.338 e. The van der Waals surface area contributed by atoms with E-state index in [9.17, 15) is 4.79 Å². The molecule has 3 heterocycles. The van der Waals surface area contributed by atoms with Crippen LogP contribution in [0.25, 0.3) is 5.57 Å². The van der Waals surface area contributed by atoms with Gasteiger partial charge < -0.3 is 14.4 Å². The summed E-state index contributed by atoms with van der Waals surface area (Å²) in [6.07, 6.45) is 6.02. The van der Waals surface area contributed by atoms with Crippen molar-refractivity contribution in [3.63, 3.8) is 0 Å². The van der Waals surface area contributed by atoms with Gasteiger partial charge in [-0.05, 0) is 56.9 Å². The number of methoxy groups -OCH3 is 1. The summed E-state index contributed by atoms with van der Waals surface area (Å²) >= 11 is 6.42. The van der Waals surface area contributed by atoms with Gasteiger partial charge in [-0.15, -0.1) is 0 Å². The summed E-state index contributed by atoms with van der Waals surface area (Å²) in [6, 6.07) is 3.81. The third-order valence-corrected chi connectivity index (χ3v) is 6.19. The predicted octanol–water partition coefficient (Wildman–Crippen LogP) is 3.32. The molecule has 0 radical (unpaired) electrons. The number of rotatable bonds is 4. The van der Waals surface area contributed by atoms with E-state index in [0.717, 1.165) is 50.0 Å². The number of hydrogen-bond donors (Lipinski definition) is 0. The molecule has 24 heavy (non-hydrogen) atoms. The van der Waals surface area contributed by atoms with Gasteiger partial charge >= 0.3 is 5.97 Å². The number of fused-ring (bicyclic) bond motifs is 4. The van der Waals surface area contributed by atoms with E-state index in [4.69, 9.17) is 21.1 Å². The van der Waals surface area contributed by atoms with E-state index in [0.29, 0.717) is 29.4 Å². The van der Waals surface area contributed by atoms with Crippen molar-refractivity contribution in [3.8, 4) is 5.75 Å². The van der Waals surface area contributed by atoms with Gasteiger partial charge in [0.15, 0.2) is 0 Å². The van der Waals surface area contributed by atoms with Gasteiger partial charge in [0, 0.05) is 11.0 Å². The fourth-order valence-electron chi connectivity index (χ4n) is 4.12. The number of hydrogen-bond acceptors (Lipinski definition) is 4. The molecular formula is C19H22ClNO3. The summed E-state index contributed by atoms with van der Waals surface area (Å²) in [4.78, 5) is 15.2. The Morgan fingerprint density at radius 3 is 2.62 bits per heavy atom. The third kappa shape index (κ3) is 2.62. The molecule has 3 saturated heterocycles. The number of benzene rings is 1. The maximum Gasteiger partial charge on any atom is 0.338 e. The lowest BCUT2D eigenvalue weighted by Gasteiger charge is -2.47. The van der Waals surface area contributed by atoms with Crippen LogP contribution in [0.3, 0.4) is 0 Å². The van der Waals surface area contributed by atoms with E-state index in [1.54, 1.807) is 7.11 Å². The lowest BCUT2D eigenvalue weighted by molar-refractivity contribution is -0.143. The molecule has 0 atom stereocenters. The van der Waals surface area contributed by atoms with Crippen LogP contribution in [0.15, 0.2) is 18.2 Å². The first-order valence-corrected chi connectivity index (χ1v) is 8.95. The lowest BCUT2D eigenvalue weighted by atomic mass is 9.73. The quantitative estimate of drug-likeness (QED) is 0.783. The van der Waals surface area contributed by atoms with Crippen LogP contribution in [0.4, 0.5) is 0 Å². The highest BCUT2D eigenvalue weighted by atomic mass is 35.5. The summed E-state index contributed by atoms with van der Waals surface area (Å²) < 4.78 is 11.0. The molecule has 3 fully saturated rings. The second kappa shape index (κ2) is 6.08. The summed E-state index contributed by atoms with van der Waals surface area (Å²) in [7, 11) is 1.58. The summed E-state index contributed by atoms with van der Waals surface area (Å²) in [5, 5.41) is 0.500. The fraction of sp³-hybridized carbons (Fsp3) is 0.526. The molecule has 128 valence electrons. The molecule has 0 N–H and O–H groups in total. The Balaban J connectivity index is 1.49. The highest BCUT2D eigenvalue weighted by molar-refractivity contribution is 6.36. The average molecular weight is 348 g/mol. The zero-order chi connectivity index (χ0) is 16.7. The van der Waals surface area contributed by atoms with Gasteiger partial charge in [0.1, 0.15) is 5.75 Å². The first-order chi connectivity index (χ1) is 11.6. The lowest BCUT2D eigenvalue weighted by Crippen LogP contribution is -2.50. The van der Waals surface area contributed by atoms with Gasteiger partial charge in [-0.2, -0.15) is 0 Å². The van der Waals surface area contributed by atoms with Crippen LogP contribution in [0.2, 0.25) is 5.02 Å². The number of halogens is 1. The van der Waals surface area contributed by atoms with Crippen LogP contribution >= 0.6 is 11.6 Å². The first kappa shape index (κ1) is 16.0. The van der Waals surface area contributed by atoms with Crippen molar-refractivity contribution < 1.29 is 14.3 Å². The molecule has 1 aromatic rings. The molecule has 0 aromatic heterocycles. The largest absolute Gasteiger partial charge is 0.495 e. The third-order valence-electron chi connectivity index (χ3n) is 5.81. The molecule has 0 saturated carbocycles. The molecule has 5 heteroatoms. The molecule has 4 nitrogen and oxygen atoms in total. The monoisotopic (exact) mass is 347 g/mol. The summed E-state index contributed by atoms with van der Waals surface area (Å²) in [6.45, 7) is 3.91. The molecule has 3 aliphatic heterocycles. The molecule has 2 bridgehead atoms. The van der Waals surface area contributed by atoms with Crippen LogP contribution < -0.4 is 4.74 Å². The van der Waals surface area contributed by atoms with E-state index in [2.05, 4.69) is 4.90 Å². The van der Waals surface area contributed by atoms with E-state index >= 15 is 0 Å². The Kier molecular flexibility index (Phi) is 4.05. The number of piperidine rings is 3. The van der Waals surface area contributed by atoms with Crippen molar-refractivity contribution in [1.82, 2.24) is 4.90 Å². The molecule has 0 spiro atoms. The van der Waals surface area contributed by atoms with Gasteiger partial charge in [0.25, 0.3) is 0 Å². The van der Waals surface area contributed by atoms with Gasteiger partial charge in [-0.1, -0.05) is 23.7 Å². The SMILES string of the molecule is COc1ccc2c(c1Cl)C(C(=O)OCC13CCN(CC1)CC3)=CC2. The predicted molar refractivity (Wildman–Crippen MR) is 93.4 cm³/mol. The number of allylic oxidation sites excluding steroid dienone is 1. The molecule has 1 aromatic carbocycles. The molecule has 5 rings (SSSR count). The highest BCUT2D eigenvalue weighted by Crippen LogP contribution is 2.42. The van der Waals surface area contributed by atoms with E-state index in [1.165, 1.54) is 0 Å². The Bertz CT molecular complexity index is 691. The molecule has 1 aliphatic carbocycles. The van der Waals surface area contributed by atoms with Crippen LogP contribution in [0.5, 0.6) is 5.75 Å². The minimum atomic E-state index is -0.258. The number of ether oxygens (including phenoxy) is 2. The standard InChI is InChI=1S/C19H22ClNO3/c1-23-15-5-3-13-2-4-14(16(13)17(15)20)18(22)24-12-19-6-9-21(10-7-19)11-8-19/h3-5H,2,6-12H2,1H3. The van der Waals surface area contributed by atoms with Crippen LogP contribution in [0, 0.1) is 5.41 Å². The van der Waals surface area contributed by atoms with Crippen LogP contribution in [-0.4, -0.2) is 44.2 Å². The molecule has 0 amide bonds. The van der Waals surface area contributed by atoms with Gasteiger partial charge in [-0.3, -0.25) is 0 Å². The number of carbonyl (C=O) groups is 1. The summed E-state index contributed by atoms with van der Waals surface area (Å²) in [5.74, 6) is 0.334. The topological polar surface area (TPSA) is 38.8 Å². The molecule has 0 unspecified atom stereocenters. The normalized spacial score (nSPS) is 27.6. The maximum atomic E-state index is 12.7. The Morgan fingerprint density at radius 1 is 1.25 bits per heavy atom. The van der Waals surface area contributed by atoms with Crippen molar-refractivity contribution in [1.29, 1.82) is 0 Å². The second-order valence-corrected chi connectivity index (χ2v) is 7.48. The first-order valence-electron chi connectivity index (χ1n) is 8.57. The van der Waals surface area contributed by atoms with Gasteiger partial charge in [-0.25, -0.2) is 4.79 Å². The van der Waals surface area contributed by atoms with Crippen LogP contribution in [0.1, 0.15) is 30.4 Å². The molecule has 4 aliphatic rings. The van der Waals surface area contributed by atoms with E-state index < -0.39 is 0 Å². The zero-order valence-electron chi connectivity index (χ0n) is 13.9. The minimum absolute atomic E-state index is 0.185. The number of nitrogens with zero attached hydrogens (tertiary/aromatic N) is 1. The zero-order valence-corrected chi connectivity index (χ0v) is 14.7. The van der Waals surface area contributed by atoms with Crippen molar-refractivity contribution in [2.75, 3.05) is 33.4 Å². The summed E-state index contributed by atoms with van der Waals surface area (Å²) in [5.41, 5.74) is 2.59. The fourth-order valence-corrected chi connectivity index (χ4v) is 4.49. The van der Waals surface area contributed by atoms with E-state index in [1.807, 2.05) is 18.2 Å². The minimum Gasteiger partial charge on any atom is -0.495 e. The Hall–Kier alpha value is -1.52. The average Bonchev–Trinajstić information content (AvgIpc) is 3.07. The van der Waals surface area contributed by atoms with Crippen molar-refractivity contribution in [2.45, 2.75) is 25.7 Å². The maximum absolute atomic E-state index is 12.7. The second-order valence-electron chi connectivity index (χ2n) is 7.11. The Labute approximate surface area is 147 Å². The van der Waals surface area contributed by atoms with Crippen molar-refractivity contribution in [2.24, 2.45) is 5.41 Å². The van der Waals surface area contributed by atoms with Crippen molar-refractivity contribution >= 4 is 23.1 Å². The number of esters is 1. The van der Waals surface area contributed by atoms with Crippen LogP contribution in [-0.2, 0) is 16.0 Å². The molecular weight excluding hydrogens is 326 g/mol. The van der Waals surface area contributed by atoms with Gasteiger partial charge in [0.05, 0.1) is 24.3 Å². The highest BCUT2D eigenvalue weighted by Gasteiger charge is 2.40.